The Hall–Kier alpha value is -3.50. The van der Waals surface area contributed by atoms with E-state index < -0.39 is 0 Å². The van der Waals surface area contributed by atoms with Gasteiger partial charge in [-0.1, -0.05) is 207 Å². The van der Waals surface area contributed by atoms with E-state index in [9.17, 15) is 5.26 Å². The molecule has 2 atom stereocenters. The lowest BCUT2D eigenvalue weighted by molar-refractivity contribution is -0.125. The molecule has 0 aromatic carbocycles. The average Bonchev–Trinajstić information content (AvgIpc) is 4.18. The van der Waals surface area contributed by atoms with Crippen molar-refractivity contribution in [2.24, 2.45) is 0 Å². The summed E-state index contributed by atoms with van der Waals surface area (Å²) < 4.78 is 0. The number of rotatable bonds is 37. The van der Waals surface area contributed by atoms with Crippen LogP contribution in [0.2, 0.25) is 0 Å². The van der Waals surface area contributed by atoms with E-state index in [4.69, 9.17) is 6.57 Å². The van der Waals surface area contributed by atoms with E-state index in [1.807, 2.05) is 6.92 Å². The molecule has 0 fully saturated rings. The number of hydrogen-bond donors (Lipinski definition) is 0. The van der Waals surface area contributed by atoms with Crippen molar-refractivity contribution < 1.29 is 9.59 Å². The van der Waals surface area contributed by atoms with Gasteiger partial charge in [-0.05, 0) is 63.8 Å². The molecule has 0 bridgehead atoms. The lowest BCUT2D eigenvalue weighted by Gasteiger charge is -2.34. The Kier molecular flexibility index (Phi) is 25.4. The maximum Gasteiger partial charge on any atom is 0.261 e. The quantitative estimate of drug-likeness (QED) is 0.0427. The van der Waals surface area contributed by atoms with E-state index in [0.717, 1.165) is 100.0 Å². The molecule has 2 amide bonds. The third kappa shape index (κ3) is 15.7. The molecule has 378 valence electrons. The lowest BCUT2D eigenvalue weighted by atomic mass is 9.97. The number of aryl methyl sites for hydroxylation is 2. The highest BCUT2D eigenvalue weighted by Crippen LogP contribution is 2.53. The number of carbonyl (C=O) groups excluding carboxylic acids is 2. The van der Waals surface area contributed by atoms with Gasteiger partial charge in [-0.25, -0.2) is 4.85 Å². The van der Waals surface area contributed by atoms with Crippen LogP contribution in [-0.4, -0.2) is 33.7 Å². The smallest absolute Gasteiger partial charge is 0.261 e. The third-order valence-corrected chi connectivity index (χ3v) is 18.1. The van der Waals surface area contributed by atoms with E-state index in [1.54, 1.807) is 22.7 Å². The monoisotopic (exact) mass is 993 g/mol. The van der Waals surface area contributed by atoms with Crippen LogP contribution in [-0.2, 0) is 9.59 Å². The van der Waals surface area contributed by atoms with Gasteiger partial charge in [-0.2, -0.15) is 16.6 Å². The van der Waals surface area contributed by atoms with Gasteiger partial charge in [-0.3, -0.25) is 9.59 Å². The van der Waals surface area contributed by atoms with Crippen LogP contribution < -0.4 is 0 Å². The summed E-state index contributed by atoms with van der Waals surface area (Å²) in [5.41, 5.74) is 3.67. The number of thiophene rings is 3. The Labute approximate surface area is 431 Å². The second-order valence-corrected chi connectivity index (χ2v) is 23.9. The molecule has 3 aromatic heterocycles. The molecule has 0 saturated heterocycles. The molecule has 69 heavy (non-hydrogen) atoms. The van der Waals surface area contributed by atoms with E-state index in [0.29, 0.717) is 22.4 Å². The number of carbonyl (C=O) groups is 2. The van der Waals surface area contributed by atoms with Crippen LogP contribution in [0.1, 0.15) is 258 Å². The number of amides is 2. The van der Waals surface area contributed by atoms with Crippen molar-refractivity contribution in [1.29, 1.82) is 5.26 Å². The Morgan fingerprint density at radius 2 is 0.855 bits per heavy atom. The molecule has 2 aliphatic heterocycles. The minimum Gasteiger partial charge on any atom is -0.303 e. The molecule has 9 heteroatoms. The van der Waals surface area contributed by atoms with Crippen molar-refractivity contribution in [2.45, 2.75) is 259 Å². The fourth-order valence-corrected chi connectivity index (χ4v) is 13.9. The van der Waals surface area contributed by atoms with Gasteiger partial charge in [0.1, 0.15) is 0 Å². The van der Waals surface area contributed by atoms with Gasteiger partial charge in [0.2, 0.25) is 5.69 Å². The molecule has 0 spiro atoms. The van der Waals surface area contributed by atoms with E-state index in [1.165, 1.54) is 157 Å². The fraction of sp³-hybridized carbons (Fsp3) is 0.667. The number of nitriles is 1. The van der Waals surface area contributed by atoms with Crippen LogP contribution in [0.25, 0.3) is 26.0 Å². The van der Waals surface area contributed by atoms with Gasteiger partial charge in [0.25, 0.3) is 11.8 Å². The standard InChI is InChI=1S/C60H88N4O2S3/c1-8-12-16-20-24-26-30-34-38-47(36-32-28-22-18-14-10-3)63-56(50-41-40-45(5)67-50)53-54(60(63)66)57(51-42-43-52(69-51)58-55(62-7)49(44-61)46(6)68-58)64(59(53)65)48(37-33-29-23-19-15-11-4)39-35-31-27-25-21-17-13-9-2/h40-43,47-48H,8-39H2,1-6H3. The molecule has 0 radical (unpaired) electrons. The zero-order valence-corrected chi connectivity index (χ0v) is 46.4. The first-order valence-electron chi connectivity index (χ1n) is 28.0. The predicted molar refractivity (Wildman–Crippen MR) is 298 cm³/mol. The largest absolute Gasteiger partial charge is 0.303 e. The Morgan fingerprint density at radius 3 is 1.20 bits per heavy atom. The first-order chi connectivity index (χ1) is 33.8. The number of unbranched alkanes of at least 4 members (excludes halogenated alkanes) is 24. The molecule has 0 N–H and O–H groups in total. The molecular weight excluding hydrogens is 905 g/mol. The van der Waals surface area contributed by atoms with Crippen LogP contribution in [0.15, 0.2) is 35.4 Å². The highest BCUT2D eigenvalue weighted by atomic mass is 32.1. The number of fused-ring (bicyclic) bond motifs is 1. The summed E-state index contributed by atoms with van der Waals surface area (Å²) >= 11 is 4.78. The summed E-state index contributed by atoms with van der Waals surface area (Å²) in [7, 11) is 0. The zero-order valence-electron chi connectivity index (χ0n) is 43.9. The molecule has 6 nitrogen and oxygen atoms in total. The Balaban J connectivity index is 1.61. The molecule has 5 heterocycles. The van der Waals surface area contributed by atoms with Crippen LogP contribution in [0, 0.1) is 31.8 Å². The van der Waals surface area contributed by atoms with Gasteiger partial charge in [0.05, 0.1) is 55.4 Å². The van der Waals surface area contributed by atoms with Crippen LogP contribution in [0.4, 0.5) is 5.69 Å². The topological polar surface area (TPSA) is 68.8 Å². The van der Waals surface area contributed by atoms with Crippen LogP contribution in [0.3, 0.4) is 0 Å². The zero-order chi connectivity index (χ0) is 49.4. The first kappa shape index (κ1) is 56.4. The maximum atomic E-state index is 15.9. The van der Waals surface area contributed by atoms with Gasteiger partial charge in [-0.15, -0.1) is 22.7 Å². The van der Waals surface area contributed by atoms with Crippen molar-refractivity contribution in [3.05, 3.63) is 71.9 Å². The highest BCUT2D eigenvalue weighted by molar-refractivity contribution is 7.23. The fourth-order valence-electron chi connectivity index (χ4n) is 10.8. The van der Waals surface area contributed by atoms with Gasteiger partial charge in [0, 0.05) is 26.7 Å². The molecule has 0 saturated carbocycles. The molecule has 0 aliphatic carbocycles. The van der Waals surface area contributed by atoms with Crippen LogP contribution in [0.5, 0.6) is 0 Å². The SMILES string of the molecule is [C-]#[N+]c1c(-c2ccc(C3=C4C(=O)N(C(CCCCCCCC)CCCCCCCCCC)C(c5ccc(C)s5)=C4C(=O)N3C(CCCCCCCC)CCCCCCCCCC)s2)sc(C)c1C#N. The van der Waals surface area contributed by atoms with Crippen molar-refractivity contribution in [3.63, 3.8) is 0 Å². The summed E-state index contributed by atoms with van der Waals surface area (Å²) in [6.07, 6.45) is 37.9. The van der Waals surface area contributed by atoms with Crippen molar-refractivity contribution in [3.8, 4) is 15.8 Å². The normalized spacial score (nSPS) is 14.7. The average molecular weight is 994 g/mol. The molecule has 2 unspecified atom stereocenters. The minimum absolute atomic E-state index is 0.00613. The number of hydrogen-bond acceptors (Lipinski definition) is 6. The summed E-state index contributed by atoms with van der Waals surface area (Å²) in [6.45, 7) is 21.2. The minimum atomic E-state index is -0.0216. The second-order valence-electron chi connectivity index (χ2n) is 20.3. The van der Waals surface area contributed by atoms with Crippen LogP contribution >= 0.6 is 34.0 Å². The third-order valence-electron chi connectivity index (χ3n) is 14.7. The van der Waals surface area contributed by atoms with Gasteiger partial charge in [0.15, 0.2) is 0 Å². The van der Waals surface area contributed by atoms with Crippen molar-refractivity contribution in [2.75, 3.05) is 0 Å². The Morgan fingerprint density at radius 1 is 0.507 bits per heavy atom. The van der Waals surface area contributed by atoms with Crippen molar-refractivity contribution in [1.82, 2.24) is 9.80 Å². The lowest BCUT2D eigenvalue weighted by Crippen LogP contribution is -2.39. The second kappa shape index (κ2) is 31.1. The van der Waals surface area contributed by atoms with Gasteiger partial charge >= 0.3 is 0 Å². The van der Waals surface area contributed by atoms with Crippen molar-refractivity contribution >= 4 is 62.9 Å². The summed E-state index contributed by atoms with van der Waals surface area (Å²) in [5.74, 6) is -0.0123. The molecule has 5 rings (SSSR count). The Bertz CT molecular complexity index is 2190. The maximum absolute atomic E-state index is 15.9. The number of nitrogens with zero attached hydrogens (tertiary/aromatic N) is 4. The molecule has 3 aromatic rings. The summed E-state index contributed by atoms with van der Waals surface area (Å²) in [5, 5.41) is 10.0. The summed E-state index contributed by atoms with van der Waals surface area (Å²) in [6, 6.07) is 10.8. The van der Waals surface area contributed by atoms with E-state index in [2.05, 4.69) is 79.6 Å². The first-order valence-corrected chi connectivity index (χ1v) is 30.4. The molecule has 2 aliphatic rings. The summed E-state index contributed by atoms with van der Waals surface area (Å²) in [4.78, 5) is 45.6. The predicted octanol–water partition coefficient (Wildman–Crippen LogP) is 19.7. The van der Waals surface area contributed by atoms with E-state index >= 15 is 9.59 Å². The van der Waals surface area contributed by atoms with E-state index in [-0.39, 0.29) is 23.9 Å². The molecular formula is C60H88N4O2S3. The van der Waals surface area contributed by atoms with Gasteiger partial charge < -0.3 is 9.80 Å². The highest BCUT2D eigenvalue weighted by Gasteiger charge is 2.52.